The number of piperidine rings is 1. The lowest BCUT2D eigenvalue weighted by atomic mass is 9.90. The number of anilines is 1. The molecular formula is C25H27N3O. The van der Waals surface area contributed by atoms with Gasteiger partial charge in [-0.3, -0.25) is 4.79 Å². The van der Waals surface area contributed by atoms with Crippen molar-refractivity contribution >= 4 is 11.6 Å². The van der Waals surface area contributed by atoms with Crippen LogP contribution < -0.4 is 4.90 Å². The molecule has 2 aliphatic rings. The highest BCUT2D eigenvalue weighted by molar-refractivity contribution is 5.97. The van der Waals surface area contributed by atoms with Gasteiger partial charge >= 0.3 is 0 Å². The maximum atomic E-state index is 13.0. The highest BCUT2D eigenvalue weighted by Crippen LogP contribution is 2.32. The number of likely N-dealkylation sites (tertiary alicyclic amines) is 1. The Bertz CT molecular complexity index is 936. The van der Waals surface area contributed by atoms with E-state index in [4.69, 9.17) is 0 Å². The van der Waals surface area contributed by atoms with Crippen LogP contribution >= 0.6 is 0 Å². The average molecular weight is 386 g/mol. The summed E-state index contributed by atoms with van der Waals surface area (Å²) in [5, 5.41) is 9.68. The van der Waals surface area contributed by atoms with Crippen LogP contribution in [0.5, 0.6) is 0 Å². The van der Waals surface area contributed by atoms with Crippen LogP contribution in [0.3, 0.4) is 0 Å². The number of hydrogen-bond donors (Lipinski definition) is 0. The Hall–Kier alpha value is -3.06. The van der Waals surface area contributed by atoms with E-state index < -0.39 is 0 Å². The van der Waals surface area contributed by atoms with Gasteiger partial charge in [0.2, 0.25) is 0 Å². The Balaban J connectivity index is 1.41. The maximum Gasteiger partial charge on any atom is 0.266 e. The number of hydrogen-bond acceptors (Lipinski definition) is 3. The summed E-state index contributed by atoms with van der Waals surface area (Å²) in [6.45, 7) is 3.58. The lowest BCUT2D eigenvalue weighted by molar-refractivity contribution is -0.128. The van der Waals surface area contributed by atoms with E-state index in [9.17, 15) is 10.1 Å². The van der Waals surface area contributed by atoms with E-state index in [1.54, 1.807) is 6.20 Å². The Morgan fingerprint density at radius 1 is 1.10 bits per heavy atom. The quantitative estimate of drug-likeness (QED) is 0.581. The van der Waals surface area contributed by atoms with Crippen LogP contribution in [0.25, 0.3) is 0 Å². The van der Waals surface area contributed by atoms with Crippen LogP contribution in [0.4, 0.5) is 5.69 Å². The van der Waals surface area contributed by atoms with Gasteiger partial charge in [-0.1, -0.05) is 48.5 Å². The molecule has 1 unspecified atom stereocenters. The van der Waals surface area contributed by atoms with Crippen molar-refractivity contribution < 1.29 is 4.79 Å². The zero-order chi connectivity index (χ0) is 20.2. The van der Waals surface area contributed by atoms with Gasteiger partial charge < -0.3 is 9.80 Å². The molecule has 0 aromatic heterocycles. The topological polar surface area (TPSA) is 47.3 Å². The van der Waals surface area contributed by atoms with Crippen molar-refractivity contribution in [3.8, 4) is 6.07 Å². The third-order valence-electron chi connectivity index (χ3n) is 6.15. The summed E-state index contributed by atoms with van der Waals surface area (Å²) in [4.78, 5) is 16.9. The first-order valence-electron chi connectivity index (χ1n) is 10.5. The van der Waals surface area contributed by atoms with E-state index in [0.29, 0.717) is 5.92 Å². The fourth-order valence-electron chi connectivity index (χ4n) is 4.52. The van der Waals surface area contributed by atoms with Crippen molar-refractivity contribution in [2.24, 2.45) is 5.92 Å². The second-order valence-electron chi connectivity index (χ2n) is 8.17. The minimum atomic E-state index is -0.137. The van der Waals surface area contributed by atoms with Crippen molar-refractivity contribution in [3.63, 3.8) is 0 Å². The third kappa shape index (κ3) is 4.19. The number of nitrogens with zero attached hydrogens (tertiary/aromatic N) is 3. The summed E-state index contributed by atoms with van der Waals surface area (Å²) in [6, 6.07) is 21.2. The second kappa shape index (κ2) is 8.53. The van der Waals surface area contributed by atoms with Crippen LogP contribution in [0.1, 0.15) is 30.9 Å². The molecule has 0 N–H and O–H groups in total. The van der Waals surface area contributed by atoms with Crippen LogP contribution in [-0.4, -0.2) is 29.9 Å². The molecule has 0 radical (unpaired) electrons. The fraction of sp³-hybridized carbons (Fsp3) is 0.360. The molecule has 4 rings (SSSR count). The van der Waals surface area contributed by atoms with Gasteiger partial charge in [-0.25, -0.2) is 0 Å². The molecule has 29 heavy (non-hydrogen) atoms. The highest BCUT2D eigenvalue weighted by atomic mass is 16.2. The highest BCUT2D eigenvalue weighted by Gasteiger charge is 2.28. The van der Waals surface area contributed by atoms with Crippen LogP contribution in [-0.2, 0) is 17.6 Å². The molecule has 2 aliphatic heterocycles. The Morgan fingerprint density at radius 2 is 1.79 bits per heavy atom. The summed E-state index contributed by atoms with van der Waals surface area (Å²) in [5.41, 5.74) is 3.96. The minimum absolute atomic E-state index is 0.137. The Labute approximate surface area is 173 Å². The Morgan fingerprint density at radius 3 is 2.52 bits per heavy atom. The molecule has 1 fully saturated rings. The molecule has 0 bridgehead atoms. The van der Waals surface area contributed by atoms with Crippen LogP contribution in [0.15, 0.2) is 66.4 Å². The van der Waals surface area contributed by atoms with E-state index >= 15 is 0 Å². The molecule has 2 heterocycles. The predicted octanol–water partition coefficient (Wildman–Crippen LogP) is 4.33. The van der Waals surface area contributed by atoms with Gasteiger partial charge in [0.15, 0.2) is 0 Å². The Kier molecular flexibility index (Phi) is 5.67. The lowest BCUT2D eigenvalue weighted by Gasteiger charge is -2.32. The average Bonchev–Trinajstić information content (AvgIpc) is 3.07. The summed E-state index contributed by atoms with van der Waals surface area (Å²) in [7, 11) is 0. The first-order chi connectivity index (χ1) is 14.2. The van der Waals surface area contributed by atoms with Crippen LogP contribution in [0, 0.1) is 17.2 Å². The molecule has 148 valence electrons. The minimum Gasteiger partial charge on any atom is -0.343 e. The van der Waals surface area contributed by atoms with Gasteiger partial charge in [-0.2, -0.15) is 5.26 Å². The normalized spacial score (nSPS) is 19.7. The van der Waals surface area contributed by atoms with Crippen LogP contribution in [0.2, 0.25) is 0 Å². The van der Waals surface area contributed by atoms with E-state index in [0.717, 1.165) is 44.5 Å². The molecule has 0 aliphatic carbocycles. The van der Waals surface area contributed by atoms with Crippen molar-refractivity contribution in [2.45, 2.75) is 38.6 Å². The first kappa shape index (κ1) is 19.3. The molecule has 0 saturated carbocycles. The summed E-state index contributed by atoms with van der Waals surface area (Å²) in [5.74, 6) is 0.462. The van der Waals surface area contributed by atoms with Gasteiger partial charge in [-0.05, 0) is 55.7 Å². The number of nitriles is 1. The number of amides is 1. The van der Waals surface area contributed by atoms with E-state index in [1.165, 1.54) is 11.1 Å². The van der Waals surface area contributed by atoms with Gasteiger partial charge in [0.1, 0.15) is 11.6 Å². The fourth-order valence-corrected chi connectivity index (χ4v) is 4.52. The molecule has 1 amide bonds. The maximum absolute atomic E-state index is 13.0. The number of para-hydroxylation sites is 1. The number of rotatable bonds is 4. The van der Waals surface area contributed by atoms with Crippen molar-refractivity contribution in [3.05, 3.63) is 77.5 Å². The smallest absolute Gasteiger partial charge is 0.266 e. The molecule has 2 aromatic carbocycles. The van der Waals surface area contributed by atoms with Crippen molar-refractivity contribution in [1.82, 2.24) is 4.90 Å². The SMILES string of the molecule is CC1Cc2ccccc2N1/C=C(/C#N)C(=O)N1CCC(Cc2ccccc2)CC1. The summed E-state index contributed by atoms with van der Waals surface area (Å²) < 4.78 is 0. The largest absolute Gasteiger partial charge is 0.343 e. The number of fused-ring (bicyclic) bond motifs is 1. The first-order valence-corrected chi connectivity index (χ1v) is 10.5. The monoisotopic (exact) mass is 385 g/mol. The third-order valence-corrected chi connectivity index (χ3v) is 6.15. The van der Waals surface area contributed by atoms with Gasteiger partial charge in [-0.15, -0.1) is 0 Å². The summed E-state index contributed by atoms with van der Waals surface area (Å²) in [6.07, 6.45) is 5.73. The molecule has 1 saturated heterocycles. The van der Waals surface area contributed by atoms with Crippen molar-refractivity contribution in [1.29, 1.82) is 5.26 Å². The molecule has 4 heteroatoms. The zero-order valence-electron chi connectivity index (χ0n) is 16.9. The molecular weight excluding hydrogens is 358 g/mol. The zero-order valence-corrected chi connectivity index (χ0v) is 16.9. The number of carbonyl (C=O) groups is 1. The van der Waals surface area contributed by atoms with Crippen molar-refractivity contribution in [2.75, 3.05) is 18.0 Å². The lowest BCUT2D eigenvalue weighted by Crippen LogP contribution is -2.40. The standard InChI is InChI=1S/C25H27N3O/c1-19-15-22-9-5-6-10-24(22)28(19)18-23(17-26)25(29)27-13-11-21(12-14-27)16-20-7-3-2-4-8-20/h2-10,18-19,21H,11-16H2,1H3/b23-18-. The summed E-state index contributed by atoms with van der Waals surface area (Å²) >= 11 is 0. The molecule has 2 aromatic rings. The second-order valence-corrected chi connectivity index (χ2v) is 8.17. The number of carbonyl (C=O) groups excluding carboxylic acids is 1. The molecule has 0 spiro atoms. The van der Waals surface area contributed by atoms with Gasteiger partial charge in [0, 0.05) is 31.0 Å². The predicted molar refractivity (Wildman–Crippen MR) is 115 cm³/mol. The van der Waals surface area contributed by atoms with Gasteiger partial charge in [0.05, 0.1) is 0 Å². The molecule has 1 atom stereocenters. The van der Waals surface area contributed by atoms with E-state index in [-0.39, 0.29) is 17.5 Å². The molecule has 4 nitrogen and oxygen atoms in total. The van der Waals surface area contributed by atoms with Gasteiger partial charge in [0.25, 0.3) is 5.91 Å². The van der Waals surface area contributed by atoms with E-state index in [1.807, 2.05) is 23.1 Å². The number of benzene rings is 2. The van der Waals surface area contributed by atoms with E-state index in [2.05, 4.69) is 54.3 Å².